The van der Waals surface area contributed by atoms with E-state index in [1.165, 1.54) is 6.26 Å². The van der Waals surface area contributed by atoms with E-state index < -0.39 is 15.4 Å². The zero-order valence-corrected chi connectivity index (χ0v) is 23.9. The number of hydrogen-bond acceptors (Lipinski definition) is 9. The minimum absolute atomic E-state index is 0.244. The molecule has 0 aliphatic carbocycles. The zero-order chi connectivity index (χ0) is 27.5. The van der Waals surface area contributed by atoms with Gasteiger partial charge in [0.15, 0.2) is 9.84 Å². The van der Waals surface area contributed by atoms with E-state index in [0.29, 0.717) is 47.5 Å². The number of nitrogens with zero attached hydrogens (tertiary/aromatic N) is 4. The number of rotatable bonds is 8. The molecule has 4 rings (SSSR count). The fourth-order valence-corrected chi connectivity index (χ4v) is 5.73. The van der Waals surface area contributed by atoms with Gasteiger partial charge in [0.05, 0.1) is 11.5 Å². The van der Waals surface area contributed by atoms with Gasteiger partial charge in [0.2, 0.25) is 0 Å². The molecule has 3 heterocycles. The van der Waals surface area contributed by atoms with Crippen molar-refractivity contribution in [3.8, 4) is 5.75 Å². The third-order valence-electron chi connectivity index (χ3n) is 7.32. The van der Waals surface area contributed by atoms with Crippen LogP contribution in [0, 0.1) is 11.8 Å². The lowest BCUT2D eigenvalue weighted by molar-refractivity contribution is 0.0199. The molecule has 0 saturated carbocycles. The lowest BCUT2D eigenvalue weighted by Crippen LogP contribution is -2.37. The molecular weight excluding hydrogens is 508 g/mol. The van der Waals surface area contributed by atoms with Crippen LogP contribution in [0.25, 0.3) is 0 Å². The van der Waals surface area contributed by atoms with Crippen LogP contribution in [0.3, 0.4) is 0 Å². The highest BCUT2D eigenvalue weighted by Gasteiger charge is 2.37. The van der Waals surface area contributed by atoms with Crippen molar-refractivity contribution >= 4 is 21.9 Å². The van der Waals surface area contributed by atoms with Gasteiger partial charge in [-0.25, -0.2) is 13.2 Å². The first-order chi connectivity index (χ1) is 17.9. The summed E-state index contributed by atoms with van der Waals surface area (Å²) < 4.78 is 40.2. The van der Waals surface area contributed by atoms with E-state index >= 15 is 0 Å². The van der Waals surface area contributed by atoms with E-state index in [1.807, 2.05) is 20.8 Å². The molecule has 0 N–H and O–H groups in total. The molecule has 2 aromatic rings. The van der Waals surface area contributed by atoms with Crippen molar-refractivity contribution in [2.24, 2.45) is 11.8 Å². The molecule has 210 valence electrons. The summed E-state index contributed by atoms with van der Waals surface area (Å²) in [6.45, 7) is 10.7. The van der Waals surface area contributed by atoms with Crippen LogP contribution in [0.4, 0.5) is 10.7 Å². The molecule has 1 amide bonds. The van der Waals surface area contributed by atoms with Gasteiger partial charge in [0.1, 0.15) is 17.4 Å². The monoisotopic (exact) mass is 548 g/mol. The van der Waals surface area contributed by atoms with Crippen LogP contribution in [0.1, 0.15) is 71.7 Å². The minimum atomic E-state index is -3.20. The molecule has 2 aliphatic rings. The number of anilines is 1. The number of amides is 1. The summed E-state index contributed by atoms with van der Waals surface area (Å²) in [5, 5.41) is 4.23. The Morgan fingerprint density at radius 3 is 2.45 bits per heavy atom. The van der Waals surface area contributed by atoms with E-state index in [4.69, 9.17) is 14.0 Å². The summed E-state index contributed by atoms with van der Waals surface area (Å²) in [4.78, 5) is 21.4. The van der Waals surface area contributed by atoms with Crippen molar-refractivity contribution in [3.63, 3.8) is 0 Å². The molecule has 2 aliphatic heterocycles. The average molecular weight is 549 g/mol. The smallest absolute Gasteiger partial charge is 0.410 e. The number of likely N-dealkylation sites (tertiary alicyclic amines) is 1. The number of sulfone groups is 1. The molecule has 2 unspecified atom stereocenters. The first kappa shape index (κ1) is 28.2. The lowest BCUT2D eigenvalue weighted by atomic mass is 9.84. The summed E-state index contributed by atoms with van der Waals surface area (Å²) in [7, 11) is -3.20. The first-order valence-corrected chi connectivity index (χ1v) is 15.3. The van der Waals surface area contributed by atoms with Gasteiger partial charge >= 0.3 is 6.09 Å². The Balaban J connectivity index is 1.23. The van der Waals surface area contributed by atoms with Gasteiger partial charge in [0.25, 0.3) is 11.8 Å². The van der Waals surface area contributed by atoms with Gasteiger partial charge in [-0.3, -0.25) is 4.90 Å². The number of aromatic nitrogens is 2. The molecule has 0 bridgehead atoms. The number of ether oxygens (including phenoxy) is 2. The van der Waals surface area contributed by atoms with E-state index in [1.54, 1.807) is 29.2 Å². The van der Waals surface area contributed by atoms with Crippen LogP contribution in [0.5, 0.6) is 5.75 Å². The van der Waals surface area contributed by atoms with Crippen LogP contribution < -0.4 is 9.64 Å². The number of benzene rings is 1. The molecular formula is C27H40N4O6S. The maximum atomic E-state index is 12.6. The van der Waals surface area contributed by atoms with Gasteiger partial charge in [-0.15, -0.1) is 0 Å². The SMILES string of the molecule is CC(CCOc1ccc(S(C)(=O)=O)cc1)C1CCN(c2noc(C3CCCN3C(=O)OC(C)(C)C)n2)CC1. The number of piperidine rings is 1. The number of carbonyl (C=O) groups excluding carboxylic acids is 1. The molecule has 1 aromatic carbocycles. The van der Waals surface area contributed by atoms with E-state index in [-0.39, 0.29) is 12.1 Å². The maximum absolute atomic E-state index is 12.6. The predicted octanol–water partition coefficient (Wildman–Crippen LogP) is 4.87. The third-order valence-corrected chi connectivity index (χ3v) is 8.45. The van der Waals surface area contributed by atoms with Crippen LogP contribution in [0.2, 0.25) is 0 Å². The Kier molecular flexibility index (Phi) is 8.54. The molecule has 0 spiro atoms. The van der Waals surface area contributed by atoms with E-state index in [2.05, 4.69) is 22.0 Å². The molecule has 2 fully saturated rings. The summed E-state index contributed by atoms with van der Waals surface area (Å²) in [6, 6.07) is 6.32. The van der Waals surface area contributed by atoms with Crippen molar-refractivity contribution in [2.45, 2.75) is 76.3 Å². The standard InChI is InChI=1S/C27H40N4O6S/c1-19(14-18-35-21-8-10-22(11-9-21)38(5,33)34)20-12-16-30(17-13-20)25-28-24(37-29-25)23-7-6-15-31(23)26(32)36-27(2,3)4/h8-11,19-20,23H,6-7,12-18H2,1-5H3. The summed E-state index contributed by atoms with van der Waals surface area (Å²) in [5.74, 6) is 2.81. The van der Waals surface area contributed by atoms with Gasteiger partial charge < -0.3 is 18.9 Å². The second-order valence-corrected chi connectivity index (χ2v) is 13.5. The van der Waals surface area contributed by atoms with Crippen LogP contribution >= 0.6 is 0 Å². The Labute approximate surface area is 225 Å². The third kappa shape index (κ3) is 7.18. The molecule has 11 heteroatoms. The molecule has 2 atom stereocenters. The van der Waals surface area contributed by atoms with Crippen LogP contribution in [-0.4, -0.2) is 67.6 Å². The van der Waals surface area contributed by atoms with Crippen molar-refractivity contribution in [1.29, 1.82) is 0 Å². The fourth-order valence-electron chi connectivity index (χ4n) is 5.10. The maximum Gasteiger partial charge on any atom is 0.410 e. The second kappa shape index (κ2) is 11.5. The van der Waals surface area contributed by atoms with Gasteiger partial charge in [-0.2, -0.15) is 4.98 Å². The largest absolute Gasteiger partial charge is 0.494 e. The number of hydrogen-bond donors (Lipinski definition) is 0. The topological polar surface area (TPSA) is 115 Å². The Morgan fingerprint density at radius 1 is 1.13 bits per heavy atom. The zero-order valence-electron chi connectivity index (χ0n) is 23.1. The molecule has 38 heavy (non-hydrogen) atoms. The Hall–Kier alpha value is -2.82. The first-order valence-electron chi connectivity index (χ1n) is 13.4. The van der Waals surface area contributed by atoms with Crippen molar-refractivity contribution in [2.75, 3.05) is 37.4 Å². The van der Waals surface area contributed by atoms with Gasteiger partial charge in [-0.1, -0.05) is 6.92 Å². The van der Waals surface area contributed by atoms with Gasteiger partial charge in [0, 0.05) is 25.9 Å². The van der Waals surface area contributed by atoms with E-state index in [9.17, 15) is 13.2 Å². The quantitative estimate of drug-likeness (QED) is 0.456. The summed E-state index contributed by atoms with van der Waals surface area (Å²) in [6.07, 6.45) is 5.49. The normalized spacial score (nSPS) is 20.0. The summed E-state index contributed by atoms with van der Waals surface area (Å²) in [5.41, 5.74) is -0.552. The fraction of sp³-hybridized carbons (Fsp3) is 0.667. The average Bonchev–Trinajstić information content (AvgIpc) is 3.53. The molecule has 0 radical (unpaired) electrons. The van der Waals surface area contributed by atoms with E-state index in [0.717, 1.165) is 45.2 Å². The summed E-state index contributed by atoms with van der Waals surface area (Å²) >= 11 is 0. The highest BCUT2D eigenvalue weighted by molar-refractivity contribution is 7.90. The van der Waals surface area contributed by atoms with Gasteiger partial charge in [-0.05, 0) is 94.1 Å². The predicted molar refractivity (Wildman–Crippen MR) is 143 cm³/mol. The van der Waals surface area contributed by atoms with Crippen molar-refractivity contribution in [1.82, 2.24) is 15.0 Å². The molecule has 10 nitrogen and oxygen atoms in total. The Bertz CT molecular complexity index is 1180. The molecule has 2 saturated heterocycles. The highest BCUT2D eigenvalue weighted by atomic mass is 32.2. The Morgan fingerprint density at radius 2 is 1.82 bits per heavy atom. The van der Waals surface area contributed by atoms with Crippen molar-refractivity contribution < 1.29 is 27.2 Å². The highest BCUT2D eigenvalue weighted by Crippen LogP contribution is 2.34. The number of carbonyl (C=O) groups is 1. The van der Waals surface area contributed by atoms with Crippen molar-refractivity contribution in [3.05, 3.63) is 30.2 Å². The second-order valence-electron chi connectivity index (χ2n) is 11.4. The molecule has 1 aromatic heterocycles. The lowest BCUT2D eigenvalue weighted by Gasteiger charge is -2.34. The van der Waals surface area contributed by atoms with Crippen LogP contribution in [0.15, 0.2) is 33.7 Å². The minimum Gasteiger partial charge on any atom is -0.494 e. The van der Waals surface area contributed by atoms with Crippen LogP contribution in [-0.2, 0) is 14.6 Å².